The van der Waals surface area contributed by atoms with Crippen LogP contribution in [0, 0.1) is 10.1 Å². The average molecular weight is 315 g/mol. The van der Waals surface area contributed by atoms with Gasteiger partial charge in [-0.25, -0.2) is 0 Å². The molecular weight excluding hydrogens is 300 g/mol. The molecule has 0 atom stereocenters. The summed E-state index contributed by atoms with van der Waals surface area (Å²) in [6.45, 7) is 4.60. The molecule has 0 bridgehead atoms. The van der Waals surface area contributed by atoms with Gasteiger partial charge in [0.1, 0.15) is 11.9 Å². The Morgan fingerprint density at radius 3 is 2.83 bits per heavy atom. The number of anilines is 1. The molecule has 1 aromatic heterocycles. The summed E-state index contributed by atoms with van der Waals surface area (Å²) in [5, 5.41) is 14.3. The molecule has 0 unspecified atom stereocenters. The van der Waals surface area contributed by atoms with E-state index in [-0.39, 0.29) is 10.6 Å². The molecule has 1 aromatic rings. The number of nitro groups is 1. The number of nitrogens with one attached hydrogen (secondary N) is 1. The first-order chi connectivity index (χ1) is 8.65. The molecule has 18 heavy (non-hydrogen) atoms. The maximum Gasteiger partial charge on any atom is 0.311 e. The summed E-state index contributed by atoms with van der Waals surface area (Å²) in [4.78, 5) is 16.7. The van der Waals surface area contributed by atoms with Crippen LogP contribution in [0.1, 0.15) is 13.3 Å². The summed E-state index contributed by atoms with van der Waals surface area (Å²) in [5.41, 5.74) is 0.702. The van der Waals surface area contributed by atoms with Crippen LogP contribution < -0.4 is 10.2 Å². The molecule has 2 heterocycles. The van der Waals surface area contributed by atoms with Crippen LogP contribution in [-0.4, -0.2) is 35.6 Å². The fourth-order valence-electron chi connectivity index (χ4n) is 2.05. The fourth-order valence-corrected chi connectivity index (χ4v) is 2.60. The Bertz CT molecular complexity index is 451. The molecule has 1 fully saturated rings. The van der Waals surface area contributed by atoms with Crippen molar-refractivity contribution in [1.82, 2.24) is 10.3 Å². The van der Waals surface area contributed by atoms with Crippen molar-refractivity contribution in [3.63, 3.8) is 0 Å². The molecule has 1 saturated heterocycles. The van der Waals surface area contributed by atoms with E-state index in [0.717, 1.165) is 26.1 Å². The molecule has 0 spiro atoms. The summed E-state index contributed by atoms with van der Waals surface area (Å²) in [5.74, 6) is 0. The Kier molecular flexibility index (Phi) is 4.13. The number of hydrogen-bond acceptors (Lipinski definition) is 5. The van der Waals surface area contributed by atoms with Crippen LogP contribution in [0.5, 0.6) is 0 Å². The lowest BCUT2D eigenvalue weighted by Gasteiger charge is -2.39. The quantitative estimate of drug-likeness (QED) is 0.664. The van der Waals surface area contributed by atoms with Gasteiger partial charge in [-0.2, -0.15) is 0 Å². The van der Waals surface area contributed by atoms with E-state index in [9.17, 15) is 10.1 Å². The minimum Gasteiger partial charge on any atom is -0.359 e. The van der Waals surface area contributed by atoms with Crippen molar-refractivity contribution in [3.8, 4) is 0 Å². The molecule has 0 saturated carbocycles. The number of nitrogens with zero attached hydrogens (tertiary/aromatic N) is 3. The molecule has 1 aliphatic heterocycles. The van der Waals surface area contributed by atoms with Crippen molar-refractivity contribution in [3.05, 3.63) is 27.0 Å². The minimum absolute atomic E-state index is 0.0599. The highest BCUT2D eigenvalue weighted by molar-refractivity contribution is 9.10. The zero-order valence-electron chi connectivity index (χ0n) is 10.1. The van der Waals surface area contributed by atoms with E-state index in [1.54, 1.807) is 6.20 Å². The first-order valence-electron chi connectivity index (χ1n) is 5.90. The molecule has 0 radical (unpaired) electrons. The average Bonchev–Trinajstić information content (AvgIpc) is 2.25. The third-order valence-corrected chi connectivity index (χ3v) is 3.58. The summed E-state index contributed by atoms with van der Waals surface area (Å²) < 4.78 is 0.678. The highest BCUT2D eigenvalue weighted by atomic mass is 79.9. The smallest absolute Gasteiger partial charge is 0.311 e. The normalized spacial score (nSPS) is 15.2. The van der Waals surface area contributed by atoms with Gasteiger partial charge in [-0.3, -0.25) is 15.1 Å². The van der Waals surface area contributed by atoms with Crippen molar-refractivity contribution in [2.75, 3.05) is 24.5 Å². The number of halogens is 1. The van der Waals surface area contributed by atoms with E-state index in [4.69, 9.17) is 0 Å². The maximum absolute atomic E-state index is 11.1. The third-order valence-electron chi connectivity index (χ3n) is 3.00. The highest BCUT2D eigenvalue weighted by Gasteiger charge is 2.30. The van der Waals surface area contributed by atoms with Crippen molar-refractivity contribution in [1.29, 1.82) is 0 Å². The SMILES string of the molecule is CCCN(c1c(Br)cncc1[N+](=O)[O-])C1CNC1. The predicted octanol–water partition coefficient (Wildman–Crippen LogP) is 1.94. The molecule has 0 amide bonds. The second kappa shape index (κ2) is 5.62. The third kappa shape index (κ3) is 2.46. The fraction of sp³-hybridized carbons (Fsp3) is 0.545. The Hall–Kier alpha value is -1.21. The van der Waals surface area contributed by atoms with Gasteiger partial charge in [0.2, 0.25) is 0 Å². The van der Waals surface area contributed by atoms with E-state index >= 15 is 0 Å². The Morgan fingerprint density at radius 1 is 1.61 bits per heavy atom. The van der Waals surface area contributed by atoms with E-state index < -0.39 is 0 Å². The Balaban J connectivity index is 2.41. The van der Waals surface area contributed by atoms with E-state index in [2.05, 4.69) is 38.1 Å². The van der Waals surface area contributed by atoms with Crippen LogP contribution in [0.15, 0.2) is 16.9 Å². The molecule has 0 aliphatic carbocycles. The van der Waals surface area contributed by atoms with Crippen LogP contribution in [0.4, 0.5) is 11.4 Å². The van der Waals surface area contributed by atoms with Crippen molar-refractivity contribution >= 4 is 27.3 Å². The zero-order valence-corrected chi connectivity index (χ0v) is 11.7. The lowest BCUT2D eigenvalue weighted by molar-refractivity contribution is -0.384. The van der Waals surface area contributed by atoms with Gasteiger partial charge in [0.15, 0.2) is 0 Å². The van der Waals surface area contributed by atoms with Gasteiger partial charge in [0.05, 0.1) is 15.4 Å². The van der Waals surface area contributed by atoms with Gasteiger partial charge in [-0.1, -0.05) is 6.92 Å². The van der Waals surface area contributed by atoms with Crippen LogP contribution >= 0.6 is 15.9 Å². The van der Waals surface area contributed by atoms with Crippen LogP contribution in [0.25, 0.3) is 0 Å². The van der Waals surface area contributed by atoms with E-state index in [1.165, 1.54) is 6.20 Å². The topological polar surface area (TPSA) is 71.3 Å². The summed E-state index contributed by atoms with van der Waals surface area (Å²) in [6, 6.07) is 0.322. The largest absolute Gasteiger partial charge is 0.359 e. The van der Waals surface area contributed by atoms with Crippen molar-refractivity contribution in [2.45, 2.75) is 19.4 Å². The number of aromatic nitrogens is 1. The highest BCUT2D eigenvalue weighted by Crippen LogP contribution is 2.36. The maximum atomic E-state index is 11.1. The van der Waals surface area contributed by atoms with Crippen molar-refractivity contribution in [2.24, 2.45) is 0 Å². The van der Waals surface area contributed by atoms with E-state index in [1.807, 2.05) is 0 Å². The van der Waals surface area contributed by atoms with Gasteiger partial charge < -0.3 is 10.2 Å². The molecule has 98 valence electrons. The van der Waals surface area contributed by atoms with Gasteiger partial charge in [0.25, 0.3) is 0 Å². The second-order valence-electron chi connectivity index (χ2n) is 4.25. The summed E-state index contributed by atoms with van der Waals surface area (Å²) in [7, 11) is 0. The van der Waals surface area contributed by atoms with Crippen LogP contribution in [0.3, 0.4) is 0 Å². The lowest BCUT2D eigenvalue weighted by Crippen LogP contribution is -2.57. The lowest BCUT2D eigenvalue weighted by atomic mass is 10.1. The number of pyridine rings is 1. The van der Waals surface area contributed by atoms with E-state index in [0.29, 0.717) is 16.2 Å². The first-order valence-corrected chi connectivity index (χ1v) is 6.69. The van der Waals surface area contributed by atoms with Gasteiger partial charge in [-0.15, -0.1) is 0 Å². The summed E-state index contributed by atoms with van der Waals surface area (Å²) >= 11 is 3.38. The van der Waals surface area contributed by atoms with Crippen LogP contribution in [0.2, 0.25) is 0 Å². The molecular formula is C11H15BrN4O2. The second-order valence-corrected chi connectivity index (χ2v) is 5.11. The van der Waals surface area contributed by atoms with Gasteiger partial charge >= 0.3 is 5.69 Å². The van der Waals surface area contributed by atoms with Crippen LogP contribution in [-0.2, 0) is 0 Å². The Labute approximate surface area is 114 Å². The van der Waals surface area contributed by atoms with Gasteiger partial charge in [0, 0.05) is 25.8 Å². The van der Waals surface area contributed by atoms with Gasteiger partial charge in [-0.05, 0) is 22.4 Å². The molecule has 2 rings (SSSR count). The minimum atomic E-state index is -0.373. The molecule has 0 aromatic carbocycles. The predicted molar refractivity (Wildman–Crippen MR) is 72.9 cm³/mol. The standard InChI is InChI=1S/C11H15BrN4O2/c1-2-3-15(8-4-13-5-8)11-9(12)6-14-7-10(11)16(17)18/h6-8,13H,2-5H2,1H3. The number of rotatable bonds is 5. The monoisotopic (exact) mass is 314 g/mol. The molecule has 1 aliphatic rings. The molecule has 6 nitrogen and oxygen atoms in total. The summed E-state index contributed by atoms with van der Waals surface area (Å²) in [6.07, 6.45) is 3.87. The zero-order chi connectivity index (χ0) is 13.1. The molecule has 7 heteroatoms. The Morgan fingerprint density at radius 2 is 2.33 bits per heavy atom. The number of hydrogen-bond donors (Lipinski definition) is 1. The first kappa shape index (κ1) is 13.2. The molecule has 1 N–H and O–H groups in total. The van der Waals surface area contributed by atoms with Crippen molar-refractivity contribution < 1.29 is 4.92 Å².